The molecular formula is C22H23FN4O. The van der Waals surface area contributed by atoms with E-state index >= 15 is 0 Å². The molecule has 0 aliphatic heterocycles. The standard InChI is InChI=1S/C22H23FN4O/c1-15(2)13-24-20-12-19(26-21(27-20)16-8-4-3-5-9-16)22(28)25-14-17-10-6-7-11-18(17)23/h3-12,15H,13-14H2,1-2H3,(H,25,28)(H,24,26,27). The van der Waals surface area contributed by atoms with Crippen molar-refractivity contribution in [3.05, 3.63) is 77.7 Å². The Kier molecular flexibility index (Phi) is 6.32. The summed E-state index contributed by atoms with van der Waals surface area (Å²) in [5.74, 6) is 0.739. The summed E-state index contributed by atoms with van der Waals surface area (Å²) >= 11 is 0. The van der Waals surface area contributed by atoms with E-state index in [4.69, 9.17) is 0 Å². The molecule has 3 rings (SSSR count). The molecule has 0 atom stereocenters. The molecule has 28 heavy (non-hydrogen) atoms. The van der Waals surface area contributed by atoms with E-state index in [0.717, 1.165) is 12.1 Å². The maximum Gasteiger partial charge on any atom is 0.270 e. The van der Waals surface area contributed by atoms with E-state index in [0.29, 0.717) is 23.1 Å². The normalized spacial score (nSPS) is 10.7. The Morgan fingerprint density at radius 2 is 1.75 bits per heavy atom. The van der Waals surface area contributed by atoms with E-state index in [2.05, 4.69) is 34.4 Å². The first-order valence-electron chi connectivity index (χ1n) is 9.23. The van der Waals surface area contributed by atoms with Crippen molar-refractivity contribution in [2.45, 2.75) is 20.4 Å². The van der Waals surface area contributed by atoms with Crippen LogP contribution in [-0.4, -0.2) is 22.4 Å². The molecule has 0 aliphatic carbocycles. The van der Waals surface area contributed by atoms with Crippen LogP contribution < -0.4 is 10.6 Å². The third-order valence-electron chi connectivity index (χ3n) is 4.08. The number of carbonyl (C=O) groups is 1. The summed E-state index contributed by atoms with van der Waals surface area (Å²) < 4.78 is 13.8. The molecule has 5 nitrogen and oxygen atoms in total. The Labute approximate surface area is 164 Å². The lowest BCUT2D eigenvalue weighted by atomic mass is 10.2. The third kappa shape index (κ3) is 5.13. The Bertz CT molecular complexity index is 944. The van der Waals surface area contributed by atoms with Gasteiger partial charge in [0.25, 0.3) is 5.91 Å². The SMILES string of the molecule is CC(C)CNc1cc(C(=O)NCc2ccccc2F)nc(-c2ccccc2)n1. The van der Waals surface area contributed by atoms with E-state index in [1.54, 1.807) is 24.3 Å². The Morgan fingerprint density at radius 1 is 1.04 bits per heavy atom. The Balaban J connectivity index is 1.84. The molecule has 2 aromatic carbocycles. The summed E-state index contributed by atoms with van der Waals surface area (Å²) in [6.07, 6.45) is 0. The van der Waals surface area contributed by atoms with Gasteiger partial charge in [-0.25, -0.2) is 14.4 Å². The zero-order valence-electron chi connectivity index (χ0n) is 15.9. The highest BCUT2D eigenvalue weighted by Gasteiger charge is 2.14. The van der Waals surface area contributed by atoms with Crippen LogP contribution in [0.3, 0.4) is 0 Å². The third-order valence-corrected chi connectivity index (χ3v) is 4.08. The molecule has 0 bridgehead atoms. The van der Waals surface area contributed by atoms with Crippen LogP contribution in [-0.2, 0) is 6.54 Å². The molecule has 0 aliphatic rings. The van der Waals surface area contributed by atoms with E-state index in [1.807, 2.05) is 30.3 Å². The van der Waals surface area contributed by atoms with Gasteiger partial charge in [0.15, 0.2) is 5.82 Å². The minimum Gasteiger partial charge on any atom is -0.370 e. The molecule has 1 aromatic heterocycles. The van der Waals surface area contributed by atoms with Crippen LogP contribution >= 0.6 is 0 Å². The monoisotopic (exact) mass is 378 g/mol. The molecule has 0 spiro atoms. The first-order valence-corrected chi connectivity index (χ1v) is 9.23. The van der Waals surface area contributed by atoms with Crippen molar-refractivity contribution >= 4 is 11.7 Å². The lowest BCUT2D eigenvalue weighted by molar-refractivity contribution is 0.0945. The summed E-state index contributed by atoms with van der Waals surface area (Å²) in [6.45, 7) is 5.00. The quantitative estimate of drug-likeness (QED) is 0.644. The van der Waals surface area contributed by atoms with Gasteiger partial charge in [-0.3, -0.25) is 4.79 Å². The molecule has 0 unspecified atom stereocenters. The number of amides is 1. The van der Waals surface area contributed by atoms with Gasteiger partial charge in [-0.2, -0.15) is 0 Å². The number of hydrogen-bond donors (Lipinski definition) is 2. The van der Waals surface area contributed by atoms with Gasteiger partial charge in [0, 0.05) is 30.3 Å². The molecular weight excluding hydrogens is 355 g/mol. The van der Waals surface area contributed by atoms with E-state index < -0.39 is 0 Å². The fourth-order valence-corrected chi connectivity index (χ4v) is 2.59. The number of rotatable bonds is 7. The molecule has 3 aromatic rings. The lowest BCUT2D eigenvalue weighted by Gasteiger charge is -2.12. The summed E-state index contributed by atoms with van der Waals surface area (Å²) in [7, 11) is 0. The second kappa shape index (κ2) is 9.08. The Hall–Kier alpha value is -3.28. The molecule has 144 valence electrons. The van der Waals surface area contributed by atoms with E-state index in [9.17, 15) is 9.18 Å². The number of nitrogens with one attached hydrogen (secondary N) is 2. The molecule has 1 heterocycles. The second-order valence-electron chi connectivity index (χ2n) is 6.88. The zero-order valence-corrected chi connectivity index (χ0v) is 15.9. The van der Waals surface area contributed by atoms with E-state index in [1.165, 1.54) is 6.07 Å². The van der Waals surface area contributed by atoms with Crippen molar-refractivity contribution in [2.24, 2.45) is 5.92 Å². The van der Waals surface area contributed by atoms with Crippen molar-refractivity contribution < 1.29 is 9.18 Å². The average molecular weight is 378 g/mol. The number of anilines is 1. The zero-order chi connectivity index (χ0) is 19.9. The van der Waals surface area contributed by atoms with Crippen LogP contribution in [0.1, 0.15) is 29.9 Å². The topological polar surface area (TPSA) is 66.9 Å². The van der Waals surface area contributed by atoms with Crippen LogP contribution in [0.25, 0.3) is 11.4 Å². The van der Waals surface area contributed by atoms with Crippen LogP contribution in [0.15, 0.2) is 60.7 Å². The van der Waals surface area contributed by atoms with Crippen molar-refractivity contribution in [1.82, 2.24) is 15.3 Å². The predicted octanol–water partition coefficient (Wildman–Crippen LogP) is 4.28. The number of benzene rings is 2. The van der Waals surface area contributed by atoms with Gasteiger partial charge < -0.3 is 10.6 Å². The highest BCUT2D eigenvalue weighted by Crippen LogP contribution is 2.18. The first kappa shape index (κ1) is 19.5. The average Bonchev–Trinajstić information content (AvgIpc) is 2.72. The molecule has 0 saturated heterocycles. The summed E-state index contributed by atoms with van der Waals surface area (Å²) in [6, 6.07) is 17.5. The number of carbonyl (C=O) groups excluding carboxylic acids is 1. The van der Waals surface area contributed by atoms with Crippen molar-refractivity contribution in [3.8, 4) is 11.4 Å². The number of halogens is 1. The van der Waals surface area contributed by atoms with Crippen LogP contribution in [0.2, 0.25) is 0 Å². The van der Waals surface area contributed by atoms with Gasteiger partial charge >= 0.3 is 0 Å². The maximum atomic E-state index is 13.8. The largest absolute Gasteiger partial charge is 0.370 e. The molecule has 0 saturated carbocycles. The van der Waals surface area contributed by atoms with Crippen molar-refractivity contribution in [3.63, 3.8) is 0 Å². The fourth-order valence-electron chi connectivity index (χ4n) is 2.59. The van der Waals surface area contributed by atoms with Crippen LogP contribution in [0.5, 0.6) is 0 Å². The smallest absolute Gasteiger partial charge is 0.270 e. The minimum atomic E-state index is -0.379. The highest BCUT2D eigenvalue weighted by atomic mass is 19.1. The van der Waals surface area contributed by atoms with Gasteiger partial charge in [-0.15, -0.1) is 0 Å². The first-order chi connectivity index (χ1) is 13.5. The van der Waals surface area contributed by atoms with Crippen molar-refractivity contribution in [2.75, 3.05) is 11.9 Å². The maximum absolute atomic E-state index is 13.8. The number of hydrogen-bond acceptors (Lipinski definition) is 4. The van der Waals surface area contributed by atoms with Gasteiger partial charge in [-0.05, 0) is 12.0 Å². The van der Waals surface area contributed by atoms with Gasteiger partial charge in [0.05, 0.1) is 0 Å². The molecule has 2 N–H and O–H groups in total. The summed E-state index contributed by atoms with van der Waals surface area (Å²) in [5.41, 5.74) is 1.47. The fraction of sp³-hybridized carbons (Fsp3) is 0.227. The Morgan fingerprint density at radius 3 is 2.46 bits per heavy atom. The molecule has 0 fully saturated rings. The molecule has 6 heteroatoms. The summed E-state index contributed by atoms with van der Waals surface area (Å²) in [4.78, 5) is 21.6. The number of nitrogens with zero attached hydrogens (tertiary/aromatic N) is 2. The van der Waals surface area contributed by atoms with Crippen LogP contribution in [0.4, 0.5) is 10.2 Å². The van der Waals surface area contributed by atoms with Crippen LogP contribution in [0, 0.1) is 11.7 Å². The number of aromatic nitrogens is 2. The van der Waals surface area contributed by atoms with Crippen molar-refractivity contribution in [1.29, 1.82) is 0 Å². The predicted molar refractivity (Wildman–Crippen MR) is 108 cm³/mol. The molecule has 0 radical (unpaired) electrons. The van der Waals surface area contributed by atoms with Gasteiger partial charge in [0.2, 0.25) is 0 Å². The summed E-state index contributed by atoms with van der Waals surface area (Å²) in [5, 5.41) is 5.97. The highest BCUT2D eigenvalue weighted by molar-refractivity contribution is 5.93. The second-order valence-corrected chi connectivity index (χ2v) is 6.88. The minimum absolute atomic E-state index is 0.0882. The van der Waals surface area contributed by atoms with Gasteiger partial charge in [0.1, 0.15) is 17.3 Å². The van der Waals surface area contributed by atoms with E-state index in [-0.39, 0.29) is 24.0 Å². The molecule has 1 amide bonds. The lowest BCUT2D eigenvalue weighted by Crippen LogP contribution is -2.25. The van der Waals surface area contributed by atoms with Gasteiger partial charge in [-0.1, -0.05) is 62.4 Å².